The average Bonchev–Trinajstić information content (AvgIpc) is 2.26. The van der Waals surface area contributed by atoms with Crippen LogP contribution in [0.2, 0.25) is 11.5 Å². The molecular weight excluding hydrogens is 309 g/mol. The van der Waals surface area contributed by atoms with Gasteiger partial charge in [0.2, 0.25) is 0 Å². The summed E-state index contributed by atoms with van der Waals surface area (Å²) in [6.45, 7) is 18.3. The molecule has 1 nitrogen and oxygen atoms in total. The van der Waals surface area contributed by atoms with Crippen LogP contribution in [0.1, 0.15) is 60.8 Å². The molecule has 0 aromatic rings. The first-order valence-corrected chi connectivity index (χ1v) is 13.9. The molecule has 0 bridgehead atoms. The van der Waals surface area contributed by atoms with Crippen LogP contribution in [-0.2, 0) is 0 Å². The molecule has 17 heavy (non-hydrogen) atoms. The SMILES string of the molecule is CCCN(CC)CCC[CH2][In]([CH](C)C)[CH](C)C. The van der Waals surface area contributed by atoms with E-state index in [0.29, 0.717) is 0 Å². The second kappa shape index (κ2) is 10.7. The average molecular weight is 343 g/mol. The fraction of sp³-hybridized carbons (Fsp3) is 1.00. The quantitative estimate of drug-likeness (QED) is 0.515. The summed E-state index contributed by atoms with van der Waals surface area (Å²) in [4.78, 5) is 2.61. The minimum absolute atomic E-state index is 1.05. The van der Waals surface area contributed by atoms with Gasteiger partial charge in [-0.3, -0.25) is 0 Å². The Morgan fingerprint density at radius 2 is 1.47 bits per heavy atom. The Labute approximate surface area is 118 Å². The van der Waals surface area contributed by atoms with Crippen molar-refractivity contribution in [2.24, 2.45) is 0 Å². The summed E-state index contributed by atoms with van der Waals surface area (Å²) in [5, 5.41) is 0. The predicted octanol–water partition coefficient (Wildman–Crippen LogP) is 4.81. The van der Waals surface area contributed by atoms with Gasteiger partial charge in [0.1, 0.15) is 0 Å². The van der Waals surface area contributed by atoms with E-state index in [1.54, 1.807) is 4.18 Å². The molecule has 0 rings (SSSR count). The van der Waals surface area contributed by atoms with E-state index in [1.165, 1.54) is 38.9 Å². The van der Waals surface area contributed by atoms with Gasteiger partial charge in [0.15, 0.2) is 0 Å². The van der Waals surface area contributed by atoms with Crippen molar-refractivity contribution in [3.8, 4) is 0 Å². The van der Waals surface area contributed by atoms with Gasteiger partial charge >= 0.3 is 118 Å². The third kappa shape index (κ3) is 8.53. The first kappa shape index (κ1) is 17.8. The fourth-order valence-electron chi connectivity index (χ4n) is 2.90. The minimum atomic E-state index is -1.20. The van der Waals surface area contributed by atoms with E-state index in [1.807, 2.05) is 0 Å². The molecule has 2 heteroatoms. The second-order valence-corrected chi connectivity index (χ2v) is 19.1. The van der Waals surface area contributed by atoms with Crippen molar-refractivity contribution < 1.29 is 0 Å². The molecule has 0 saturated carbocycles. The molecule has 0 unspecified atom stereocenters. The predicted molar refractivity (Wildman–Crippen MR) is 82.4 cm³/mol. The van der Waals surface area contributed by atoms with E-state index in [-0.39, 0.29) is 0 Å². The van der Waals surface area contributed by atoms with Crippen LogP contribution in [0.15, 0.2) is 0 Å². The summed E-state index contributed by atoms with van der Waals surface area (Å²) < 4.78 is 3.73. The van der Waals surface area contributed by atoms with Gasteiger partial charge in [0, 0.05) is 0 Å². The molecular formula is C15H34InN. The van der Waals surface area contributed by atoms with Gasteiger partial charge in [-0.1, -0.05) is 0 Å². The maximum atomic E-state index is 2.61. The van der Waals surface area contributed by atoms with Crippen molar-refractivity contribution in [3.05, 3.63) is 0 Å². The summed E-state index contributed by atoms with van der Waals surface area (Å²) in [7, 11) is 0. The monoisotopic (exact) mass is 343 g/mol. The normalized spacial score (nSPS) is 11.8. The van der Waals surface area contributed by atoms with Gasteiger partial charge in [0.05, 0.1) is 0 Å². The van der Waals surface area contributed by atoms with Gasteiger partial charge in [0.25, 0.3) is 0 Å². The standard InChI is InChI=1S/C9H20N.2C3H7.In/c1-4-7-9-10(6-3)8-5-2;2*1-3-2;/h1,4-9H2,2-3H3;2*3H,1-2H3;. The molecule has 0 heterocycles. The number of unbranched alkanes of at least 4 members (excludes halogenated alkanes) is 1. The summed E-state index contributed by atoms with van der Waals surface area (Å²) in [6, 6.07) is 0. The Balaban J connectivity index is 3.74. The first-order valence-electron chi connectivity index (χ1n) is 7.75. The van der Waals surface area contributed by atoms with Crippen LogP contribution in [0.25, 0.3) is 0 Å². The Hall–Kier alpha value is 0.830. The van der Waals surface area contributed by atoms with Gasteiger partial charge in [-0.15, -0.1) is 0 Å². The molecule has 0 radical (unpaired) electrons. The third-order valence-electron chi connectivity index (χ3n) is 3.96. The second-order valence-electron chi connectivity index (χ2n) is 6.08. The van der Waals surface area contributed by atoms with Crippen LogP contribution in [-0.4, -0.2) is 46.0 Å². The van der Waals surface area contributed by atoms with Crippen LogP contribution >= 0.6 is 0 Å². The molecule has 0 aliphatic rings. The molecule has 0 atom stereocenters. The Kier molecular flexibility index (Phi) is 11.2. The van der Waals surface area contributed by atoms with E-state index < -0.39 is 21.4 Å². The van der Waals surface area contributed by atoms with Crippen molar-refractivity contribution in [1.82, 2.24) is 4.90 Å². The van der Waals surface area contributed by atoms with Gasteiger partial charge in [-0.05, 0) is 0 Å². The molecule has 0 fully saturated rings. The molecule has 0 aliphatic carbocycles. The molecule has 0 spiro atoms. The van der Waals surface area contributed by atoms with Gasteiger partial charge < -0.3 is 0 Å². The number of nitrogens with zero attached hydrogens (tertiary/aromatic N) is 1. The van der Waals surface area contributed by atoms with Crippen LogP contribution < -0.4 is 0 Å². The summed E-state index contributed by atoms with van der Waals surface area (Å²) in [5.74, 6) is 0. The van der Waals surface area contributed by atoms with Crippen molar-refractivity contribution >= 4 is 21.4 Å². The number of hydrogen-bond donors (Lipinski definition) is 0. The topological polar surface area (TPSA) is 3.24 Å². The molecule has 102 valence electrons. The zero-order chi connectivity index (χ0) is 13.3. The summed E-state index contributed by atoms with van der Waals surface area (Å²) >= 11 is -1.20. The van der Waals surface area contributed by atoms with Gasteiger partial charge in [-0.25, -0.2) is 0 Å². The molecule has 0 aromatic carbocycles. The van der Waals surface area contributed by atoms with Crippen molar-refractivity contribution in [1.29, 1.82) is 0 Å². The zero-order valence-electron chi connectivity index (χ0n) is 13.1. The van der Waals surface area contributed by atoms with Crippen molar-refractivity contribution in [3.63, 3.8) is 0 Å². The molecule has 0 aromatic heterocycles. The van der Waals surface area contributed by atoms with Crippen molar-refractivity contribution in [2.75, 3.05) is 19.6 Å². The van der Waals surface area contributed by atoms with Crippen LogP contribution in [0.3, 0.4) is 0 Å². The van der Waals surface area contributed by atoms with E-state index in [4.69, 9.17) is 0 Å². The van der Waals surface area contributed by atoms with E-state index in [9.17, 15) is 0 Å². The molecule has 0 aliphatic heterocycles. The molecule has 0 amide bonds. The maximum absolute atomic E-state index is 2.61. The first-order chi connectivity index (χ1) is 8.02. The van der Waals surface area contributed by atoms with Crippen molar-refractivity contribution in [2.45, 2.75) is 72.3 Å². The van der Waals surface area contributed by atoms with E-state index in [2.05, 4.69) is 46.4 Å². The van der Waals surface area contributed by atoms with Gasteiger partial charge in [-0.2, -0.15) is 0 Å². The summed E-state index contributed by atoms with van der Waals surface area (Å²) in [5.41, 5.74) is 0. The van der Waals surface area contributed by atoms with Crippen LogP contribution in [0.4, 0.5) is 0 Å². The Morgan fingerprint density at radius 1 is 0.882 bits per heavy atom. The fourth-order valence-corrected chi connectivity index (χ4v) is 13.3. The van der Waals surface area contributed by atoms with E-state index in [0.717, 1.165) is 7.35 Å². The Morgan fingerprint density at radius 3 is 1.88 bits per heavy atom. The molecule has 0 saturated heterocycles. The summed E-state index contributed by atoms with van der Waals surface area (Å²) in [6.07, 6.45) is 4.23. The number of hydrogen-bond acceptors (Lipinski definition) is 1. The Bertz CT molecular complexity index is 160. The van der Waals surface area contributed by atoms with Crippen LogP contribution in [0.5, 0.6) is 0 Å². The zero-order valence-corrected chi connectivity index (χ0v) is 16.4. The third-order valence-corrected chi connectivity index (χ3v) is 16.8. The molecule has 0 N–H and O–H groups in total. The van der Waals surface area contributed by atoms with E-state index >= 15 is 0 Å². The number of rotatable bonds is 10. The van der Waals surface area contributed by atoms with Crippen LogP contribution in [0, 0.1) is 0 Å².